The molecule has 3 aromatic rings. The molecule has 1 aromatic carbocycles. The zero-order chi connectivity index (χ0) is 19.8. The molecular formula is C19H24IN7O. The molecule has 2 aromatic heterocycles. The molecule has 4 N–H and O–H groups in total. The number of imidazole rings is 1. The standard InChI is InChI=1S/C19H24IN7O/c20-17-9-5-4-8-16(17)18(28)22-10-11-27-13-15(25-26-27)7-3-1-2-6-14-12-23-19(21)24-14/h4-5,8-9,12-13H,1-3,6-7,10-11H2,(H,22,28)(H3,21,23,24). The van der Waals surface area contributed by atoms with E-state index in [2.05, 4.69) is 48.2 Å². The molecule has 0 spiro atoms. The molecule has 0 radical (unpaired) electrons. The number of anilines is 1. The fourth-order valence-corrected chi connectivity index (χ4v) is 3.51. The number of nitrogens with zero attached hydrogens (tertiary/aromatic N) is 4. The first-order chi connectivity index (χ1) is 13.6. The number of rotatable bonds is 10. The van der Waals surface area contributed by atoms with Gasteiger partial charge in [-0.15, -0.1) is 5.10 Å². The Kier molecular flexibility index (Phi) is 7.40. The summed E-state index contributed by atoms with van der Waals surface area (Å²) in [6, 6.07) is 7.53. The third-order valence-electron chi connectivity index (χ3n) is 4.35. The average molecular weight is 493 g/mol. The van der Waals surface area contributed by atoms with Crippen LogP contribution >= 0.6 is 22.6 Å². The van der Waals surface area contributed by atoms with E-state index in [1.807, 2.05) is 36.7 Å². The first-order valence-electron chi connectivity index (χ1n) is 9.33. The van der Waals surface area contributed by atoms with Crippen LogP contribution in [0.25, 0.3) is 0 Å². The van der Waals surface area contributed by atoms with Gasteiger partial charge in [0, 0.05) is 22.5 Å². The number of aryl methyl sites for hydroxylation is 2. The number of nitrogen functional groups attached to an aromatic ring is 1. The van der Waals surface area contributed by atoms with Crippen molar-refractivity contribution in [3.63, 3.8) is 0 Å². The van der Waals surface area contributed by atoms with Gasteiger partial charge in [-0.05, 0) is 60.4 Å². The largest absolute Gasteiger partial charge is 0.369 e. The Morgan fingerprint density at radius 2 is 1.96 bits per heavy atom. The zero-order valence-electron chi connectivity index (χ0n) is 15.6. The van der Waals surface area contributed by atoms with E-state index in [4.69, 9.17) is 5.73 Å². The van der Waals surface area contributed by atoms with Crippen molar-refractivity contribution in [1.29, 1.82) is 0 Å². The lowest BCUT2D eigenvalue weighted by molar-refractivity contribution is 0.0951. The van der Waals surface area contributed by atoms with Crippen LogP contribution in [-0.4, -0.2) is 37.4 Å². The van der Waals surface area contributed by atoms with Crippen molar-refractivity contribution in [2.24, 2.45) is 0 Å². The van der Waals surface area contributed by atoms with Crippen LogP contribution in [0.3, 0.4) is 0 Å². The molecule has 0 fully saturated rings. The second-order valence-corrected chi connectivity index (χ2v) is 7.71. The highest BCUT2D eigenvalue weighted by Crippen LogP contribution is 2.11. The van der Waals surface area contributed by atoms with Crippen LogP contribution in [0.2, 0.25) is 0 Å². The molecule has 0 aliphatic carbocycles. The quantitative estimate of drug-likeness (QED) is 0.297. The van der Waals surface area contributed by atoms with Crippen molar-refractivity contribution in [3.8, 4) is 0 Å². The van der Waals surface area contributed by atoms with Gasteiger partial charge >= 0.3 is 0 Å². The number of unbranched alkanes of at least 4 members (excludes halogenated alkanes) is 2. The minimum Gasteiger partial charge on any atom is -0.369 e. The molecular weight excluding hydrogens is 469 g/mol. The zero-order valence-corrected chi connectivity index (χ0v) is 17.7. The number of aromatic nitrogens is 5. The molecule has 0 aliphatic rings. The van der Waals surface area contributed by atoms with Crippen LogP contribution in [0, 0.1) is 3.57 Å². The lowest BCUT2D eigenvalue weighted by Gasteiger charge is -2.06. The van der Waals surface area contributed by atoms with E-state index >= 15 is 0 Å². The highest BCUT2D eigenvalue weighted by Gasteiger charge is 2.08. The molecule has 0 bridgehead atoms. The minimum atomic E-state index is -0.0657. The van der Waals surface area contributed by atoms with Gasteiger partial charge in [0.15, 0.2) is 5.95 Å². The van der Waals surface area contributed by atoms with Crippen molar-refractivity contribution in [2.75, 3.05) is 12.3 Å². The van der Waals surface area contributed by atoms with Crippen molar-refractivity contribution < 1.29 is 4.79 Å². The molecule has 148 valence electrons. The van der Waals surface area contributed by atoms with Crippen molar-refractivity contribution >= 4 is 34.4 Å². The number of aromatic amines is 1. The molecule has 0 unspecified atom stereocenters. The van der Waals surface area contributed by atoms with E-state index in [1.54, 1.807) is 4.68 Å². The predicted octanol–water partition coefficient (Wildman–Crippen LogP) is 2.57. The number of nitrogens with two attached hydrogens (primary N) is 1. The number of hydrogen-bond acceptors (Lipinski definition) is 5. The maximum absolute atomic E-state index is 12.2. The molecule has 28 heavy (non-hydrogen) atoms. The highest BCUT2D eigenvalue weighted by molar-refractivity contribution is 14.1. The Morgan fingerprint density at radius 1 is 1.18 bits per heavy atom. The smallest absolute Gasteiger partial charge is 0.252 e. The summed E-state index contributed by atoms with van der Waals surface area (Å²) in [6.45, 7) is 1.11. The van der Waals surface area contributed by atoms with Crippen LogP contribution in [0.5, 0.6) is 0 Å². The van der Waals surface area contributed by atoms with E-state index in [0.29, 0.717) is 24.6 Å². The molecule has 2 heterocycles. The van der Waals surface area contributed by atoms with Gasteiger partial charge in [0.1, 0.15) is 0 Å². The van der Waals surface area contributed by atoms with Gasteiger partial charge < -0.3 is 16.0 Å². The summed E-state index contributed by atoms with van der Waals surface area (Å²) in [5.74, 6) is 0.408. The molecule has 0 atom stereocenters. The number of carbonyl (C=O) groups is 1. The Hall–Kier alpha value is -2.43. The Morgan fingerprint density at radius 3 is 2.71 bits per heavy atom. The van der Waals surface area contributed by atoms with Gasteiger partial charge in [-0.1, -0.05) is 23.8 Å². The second-order valence-electron chi connectivity index (χ2n) is 6.55. The number of nitrogens with one attached hydrogen (secondary N) is 2. The number of amides is 1. The van der Waals surface area contributed by atoms with Crippen LogP contribution in [0.4, 0.5) is 5.95 Å². The average Bonchev–Trinajstić information content (AvgIpc) is 3.30. The van der Waals surface area contributed by atoms with Crippen LogP contribution in [0.15, 0.2) is 36.7 Å². The Balaban J connectivity index is 1.32. The van der Waals surface area contributed by atoms with Gasteiger partial charge in [-0.25, -0.2) is 4.98 Å². The lowest BCUT2D eigenvalue weighted by atomic mass is 10.1. The predicted molar refractivity (Wildman–Crippen MR) is 116 cm³/mol. The molecule has 8 nitrogen and oxygen atoms in total. The van der Waals surface area contributed by atoms with E-state index in [9.17, 15) is 4.79 Å². The monoisotopic (exact) mass is 493 g/mol. The topological polar surface area (TPSA) is 115 Å². The number of H-pyrrole nitrogens is 1. The summed E-state index contributed by atoms with van der Waals surface area (Å²) in [5, 5.41) is 11.3. The van der Waals surface area contributed by atoms with Gasteiger partial charge in [0.25, 0.3) is 5.91 Å². The number of hydrogen-bond donors (Lipinski definition) is 3. The summed E-state index contributed by atoms with van der Waals surface area (Å²) in [4.78, 5) is 19.3. The first kappa shape index (κ1) is 20.3. The first-order valence-corrected chi connectivity index (χ1v) is 10.4. The number of carbonyl (C=O) groups excluding carboxylic acids is 1. The van der Waals surface area contributed by atoms with Crippen molar-refractivity contribution in [2.45, 2.75) is 38.6 Å². The van der Waals surface area contributed by atoms with Gasteiger partial charge in [-0.2, -0.15) is 0 Å². The molecule has 1 amide bonds. The van der Waals surface area contributed by atoms with Crippen LogP contribution in [-0.2, 0) is 19.4 Å². The van der Waals surface area contributed by atoms with Gasteiger partial charge in [0.2, 0.25) is 0 Å². The Labute approximate surface area is 177 Å². The normalized spacial score (nSPS) is 10.9. The van der Waals surface area contributed by atoms with Crippen LogP contribution < -0.4 is 11.1 Å². The SMILES string of the molecule is Nc1nc(CCCCCc2cn(CCNC(=O)c3ccccc3I)nn2)c[nH]1. The summed E-state index contributed by atoms with van der Waals surface area (Å²) in [7, 11) is 0. The second kappa shape index (κ2) is 10.2. The van der Waals surface area contributed by atoms with E-state index in [-0.39, 0.29) is 5.91 Å². The molecule has 0 aliphatic heterocycles. The lowest BCUT2D eigenvalue weighted by Crippen LogP contribution is -2.28. The fourth-order valence-electron chi connectivity index (χ4n) is 2.88. The summed E-state index contributed by atoms with van der Waals surface area (Å²) in [6.07, 6.45) is 8.87. The number of halogens is 1. The minimum absolute atomic E-state index is 0.0657. The maximum atomic E-state index is 12.2. The van der Waals surface area contributed by atoms with Gasteiger partial charge in [0.05, 0.1) is 23.5 Å². The van der Waals surface area contributed by atoms with E-state index in [0.717, 1.165) is 47.1 Å². The van der Waals surface area contributed by atoms with Crippen LogP contribution in [0.1, 0.15) is 41.0 Å². The molecule has 9 heteroatoms. The third-order valence-corrected chi connectivity index (χ3v) is 5.29. The van der Waals surface area contributed by atoms with Crippen molar-refractivity contribution in [3.05, 3.63) is 57.2 Å². The van der Waals surface area contributed by atoms with Crippen molar-refractivity contribution in [1.82, 2.24) is 30.3 Å². The molecule has 3 rings (SSSR count). The summed E-state index contributed by atoms with van der Waals surface area (Å²) in [5.41, 5.74) is 8.25. The Bertz CT molecular complexity index is 905. The van der Waals surface area contributed by atoms with Gasteiger partial charge in [-0.3, -0.25) is 9.48 Å². The number of benzene rings is 1. The van der Waals surface area contributed by atoms with E-state index < -0.39 is 0 Å². The molecule has 0 saturated carbocycles. The maximum Gasteiger partial charge on any atom is 0.252 e. The van der Waals surface area contributed by atoms with E-state index in [1.165, 1.54) is 0 Å². The fraction of sp³-hybridized carbons (Fsp3) is 0.368. The summed E-state index contributed by atoms with van der Waals surface area (Å²) < 4.78 is 2.72. The highest BCUT2D eigenvalue weighted by atomic mass is 127. The third kappa shape index (κ3) is 6.04. The molecule has 0 saturated heterocycles. The summed E-state index contributed by atoms with van der Waals surface area (Å²) >= 11 is 2.17.